The molecule has 2 aromatic carbocycles. The molecule has 2 N–H and O–H groups in total. The van der Waals surface area contributed by atoms with Crippen LogP contribution in [0.1, 0.15) is 54.0 Å². The van der Waals surface area contributed by atoms with E-state index < -0.39 is 29.5 Å². The van der Waals surface area contributed by atoms with Gasteiger partial charge in [-0.15, -0.1) is 0 Å². The van der Waals surface area contributed by atoms with Crippen molar-refractivity contribution in [2.45, 2.75) is 49.9 Å². The summed E-state index contributed by atoms with van der Waals surface area (Å²) in [5.41, 5.74) is 1.00. The number of hydrogen-bond donors (Lipinski definition) is 2. The molecule has 0 bridgehead atoms. The van der Waals surface area contributed by atoms with Crippen LogP contribution in [-0.4, -0.2) is 23.7 Å². The first kappa shape index (κ1) is 20.5. The summed E-state index contributed by atoms with van der Waals surface area (Å²) in [7, 11) is 0. The van der Waals surface area contributed by atoms with Crippen molar-refractivity contribution in [2.75, 3.05) is 11.9 Å². The van der Waals surface area contributed by atoms with Crippen molar-refractivity contribution in [1.29, 1.82) is 0 Å². The van der Waals surface area contributed by atoms with Gasteiger partial charge in [-0.25, -0.2) is 0 Å². The van der Waals surface area contributed by atoms with Gasteiger partial charge in [0.25, 0.3) is 11.7 Å². The van der Waals surface area contributed by atoms with Gasteiger partial charge in [0.1, 0.15) is 6.10 Å². The van der Waals surface area contributed by atoms with E-state index in [0.717, 1.165) is 18.6 Å². The smallest absolute Gasteiger partial charge is 0.384 e. The van der Waals surface area contributed by atoms with Gasteiger partial charge in [0.05, 0.1) is 24.0 Å². The topological polar surface area (TPSA) is 67.8 Å². The SMILES string of the molecule is O=C1Nc2ccc(C(O)c3ccc(C(F)(F)F)cc3)cc2C12OCCC(CC1CC1)O2. The molecule has 0 radical (unpaired) electrons. The van der Waals surface area contributed by atoms with Crippen LogP contribution in [0.3, 0.4) is 0 Å². The van der Waals surface area contributed by atoms with Crippen LogP contribution >= 0.6 is 0 Å². The predicted octanol–water partition coefficient (Wildman–Crippen LogP) is 4.50. The highest BCUT2D eigenvalue weighted by Gasteiger charge is 2.53. The van der Waals surface area contributed by atoms with Crippen LogP contribution in [0.4, 0.5) is 18.9 Å². The fourth-order valence-corrected chi connectivity index (χ4v) is 4.30. The average Bonchev–Trinajstić information content (AvgIpc) is 3.52. The normalized spacial score (nSPS) is 26.6. The summed E-state index contributed by atoms with van der Waals surface area (Å²) in [6.45, 7) is 0.385. The van der Waals surface area contributed by atoms with Gasteiger partial charge in [-0.3, -0.25) is 4.79 Å². The highest BCUT2D eigenvalue weighted by Crippen LogP contribution is 2.46. The van der Waals surface area contributed by atoms with E-state index in [9.17, 15) is 23.1 Å². The standard InChI is InChI=1S/C23H22F3NO4/c24-23(25,26)16-6-3-14(4-7-16)20(28)15-5-8-19-18(12-15)22(21(29)27-19)30-10-9-17(31-22)11-13-1-2-13/h3-8,12-13,17,20,28H,1-2,9-11H2,(H,27,29). The minimum atomic E-state index is -4.44. The molecule has 3 atom stereocenters. The molecule has 1 saturated carbocycles. The van der Waals surface area contributed by atoms with Crippen molar-refractivity contribution < 1.29 is 32.5 Å². The number of carbonyl (C=O) groups excluding carboxylic acids is 1. The summed E-state index contributed by atoms with van der Waals surface area (Å²) in [6, 6.07) is 9.29. The van der Waals surface area contributed by atoms with E-state index in [0.29, 0.717) is 41.3 Å². The number of anilines is 1. The van der Waals surface area contributed by atoms with Crippen molar-refractivity contribution in [1.82, 2.24) is 0 Å². The molecule has 2 heterocycles. The van der Waals surface area contributed by atoms with Gasteiger partial charge >= 0.3 is 6.18 Å². The summed E-state index contributed by atoms with van der Waals surface area (Å²) < 4.78 is 50.5. The predicted molar refractivity (Wildman–Crippen MR) is 105 cm³/mol. The van der Waals surface area contributed by atoms with Crippen LogP contribution in [0.5, 0.6) is 0 Å². The summed E-state index contributed by atoms with van der Waals surface area (Å²) >= 11 is 0. The average molecular weight is 433 g/mol. The largest absolute Gasteiger partial charge is 0.416 e. The number of fused-ring (bicyclic) bond motifs is 2. The number of benzene rings is 2. The number of aliphatic hydroxyl groups excluding tert-OH is 1. The Labute approximate surface area is 177 Å². The molecule has 164 valence electrons. The number of halogens is 3. The Hall–Kier alpha value is -2.42. The number of rotatable bonds is 4. The number of nitrogens with one attached hydrogen (secondary N) is 1. The molecular formula is C23H22F3NO4. The van der Waals surface area contributed by atoms with Gasteiger partial charge < -0.3 is 19.9 Å². The Morgan fingerprint density at radius 3 is 2.48 bits per heavy atom. The fraction of sp³-hybridized carbons (Fsp3) is 0.435. The Morgan fingerprint density at radius 1 is 1.10 bits per heavy atom. The van der Waals surface area contributed by atoms with Crippen LogP contribution in [0.25, 0.3) is 0 Å². The second-order valence-electron chi connectivity index (χ2n) is 8.45. The van der Waals surface area contributed by atoms with Crippen LogP contribution in [0.15, 0.2) is 42.5 Å². The molecule has 8 heteroatoms. The van der Waals surface area contributed by atoms with E-state index in [4.69, 9.17) is 9.47 Å². The lowest BCUT2D eigenvalue weighted by molar-refractivity contribution is -0.281. The van der Waals surface area contributed by atoms with Crippen molar-refractivity contribution in [3.8, 4) is 0 Å². The van der Waals surface area contributed by atoms with Crippen molar-refractivity contribution >= 4 is 11.6 Å². The quantitative estimate of drug-likeness (QED) is 0.745. The maximum absolute atomic E-state index is 12.8. The molecule has 1 spiro atoms. The Morgan fingerprint density at radius 2 is 1.81 bits per heavy atom. The second kappa shape index (κ2) is 7.32. The summed E-state index contributed by atoms with van der Waals surface area (Å²) in [5, 5.41) is 13.6. The van der Waals surface area contributed by atoms with Crippen LogP contribution in [0.2, 0.25) is 0 Å². The molecule has 2 aliphatic heterocycles. The fourth-order valence-electron chi connectivity index (χ4n) is 4.30. The van der Waals surface area contributed by atoms with Gasteiger partial charge in [-0.05, 0) is 54.2 Å². The number of carbonyl (C=O) groups is 1. The van der Waals surface area contributed by atoms with Crippen molar-refractivity contribution in [3.63, 3.8) is 0 Å². The first-order valence-electron chi connectivity index (χ1n) is 10.4. The Kier molecular flexibility index (Phi) is 4.84. The van der Waals surface area contributed by atoms with Crippen LogP contribution < -0.4 is 5.32 Å². The number of alkyl halides is 3. The molecule has 1 amide bonds. The molecule has 5 nitrogen and oxygen atoms in total. The first-order valence-corrected chi connectivity index (χ1v) is 10.4. The third-order valence-electron chi connectivity index (χ3n) is 6.19. The third-order valence-corrected chi connectivity index (χ3v) is 6.19. The van der Waals surface area contributed by atoms with Gasteiger partial charge in [-0.2, -0.15) is 13.2 Å². The molecule has 1 aliphatic carbocycles. The molecule has 31 heavy (non-hydrogen) atoms. The van der Waals surface area contributed by atoms with E-state index in [1.807, 2.05) is 0 Å². The number of amides is 1. The lowest BCUT2D eigenvalue weighted by Gasteiger charge is -2.37. The Bertz CT molecular complexity index is 1000. The lowest BCUT2D eigenvalue weighted by atomic mass is 9.95. The monoisotopic (exact) mass is 433 g/mol. The highest BCUT2D eigenvalue weighted by atomic mass is 19.4. The van der Waals surface area contributed by atoms with Crippen molar-refractivity contribution in [2.24, 2.45) is 5.92 Å². The zero-order valence-electron chi connectivity index (χ0n) is 16.6. The molecule has 2 aromatic rings. The van der Waals surface area contributed by atoms with E-state index in [1.165, 1.54) is 25.0 Å². The molecule has 2 fully saturated rings. The third kappa shape index (κ3) is 3.73. The number of aliphatic hydroxyl groups is 1. The summed E-state index contributed by atoms with van der Waals surface area (Å²) in [6.07, 6.45) is -1.72. The van der Waals surface area contributed by atoms with Gasteiger partial charge in [0.15, 0.2) is 0 Å². The first-order chi connectivity index (χ1) is 14.8. The Balaban J connectivity index is 1.44. The van der Waals surface area contributed by atoms with E-state index in [-0.39, 0.29) is 6.10 Å². The zero-order valence-corrected chi connectivity index (χ0v) is 16.6. The number of hydrogen-bond acceptors (Lipinski definition) is 4. The van der Waals surface area contributed by atoms with E-state index in [2.05, 4.69) is 5.32 Å². The molecule has 3 aliphatic rings. The summed E-state index contributed by atoms with van der Waals surface area (Å²) in [5.74, 6) is -1.32. The molecular weight excluding hydrogens is 411 g/mol. The van der Waals surface area contributed by atoms with Crippen LogP contribution in [0, 0.1) is 5.92 Å². The van der Waals surface area contributed by atoms with Gasteiger partial charge in [0.2, 0.25) is 0 Å². The minimum Gasteiger partial charge on any atom is -0.384 e. The second-order valence-corrected chi connectivity index (χ2v) is 8.45. The number of ether oxygens (including phenoxy) is 2. The molecule has 0 aromatic heterocycles. The van der Waals surface area contributed by atoms with Crippen LogP contribution in [-0.2, 0) is 26.2 Å². The minimum absolute atomic E-state index is 0.0820. The summed E-state index contributed by atoms with van der Waals surface area (Å²) in [4.78, 5) is 12.8. The lowest BCUT2D eigenvalue weighted by Crippen LogP contribution is -2.47. The van der Waals surface area contributed by atoms with Crippen molar-refractivity contribution in [3.05, 3.63) is 64.7 Å². The van der Waals surface area contributed by atoms with E-state index in [1.54, 1.807) is 18.2 Å². The maximum Gasteiger partial charge on any atom is 0.416 e. The molecule has 5 rings (SSSR count). The van der Waals surface area contributed by atoms with Gasteiger partial charge in [0, 0.05) is 5.56 Å². The molecule has 3 unspecified atom stereocenters. The van der Waals surface area contributed by atoms with Gasteiger partial charge in [-0.1, -0.05) is 31.0 Å². The highest BCUT2D eigenvalue weighted by molar-refractivity contribution is 6.04. The molecule has 1 saturated heterocycles. The maximum atomic E-state index is 12.8. The van der Waals surface area contributed by atoms with E-state index >= 15 is 0 Å². The zero-order chi connectivity index (χ0) is 21.8.